The van der Waals surface area contributed by atoms with E-state index in [-0.39, 0.29) is 5.41 Å². The summed E-state index contributed by atoms with van der Waals surface area (Å²) in [4.78, 5) is 2.10. The van der Waals surface area contributed by atoms with Gasteiger partial charge in [0, 0.05) is 17.7 Å². The smallest absolute Gasteiger partial charge is 0.125 e. The summed E-state index contributed by atoms with van der Waals surface area (Å²) in [7, 11) is 0. The Balaban J connectivity index is 2.66. The molecular weight excluding hydrogens is 177 g/mol. The number of alkyl halides is 1. The largest absolute Gasteiger partial charge is 0.372 e. The summed E-state index contributed by atoms with van der Waals surface area (Å²) in [5, 5.41) is 0. The van der Waals surface area contributed by atoms with Crippen molar-refractivity contribution in [2.75, 3.05) is 13.1 Å². The second kappa shape index (κ2) is 3.56. The molecule has 0 amide bonds. The van der Waals surface area contributed by atoms with Crippen molar-refractivity contribution < 1.29 is 4.39 Å². The number of piperidine rings is 1. The highest BCUT2D eigenvalue weighted by Crippen LogP contribution is 2.33. The molecule has 1 aliphatic heterocycles. The Morgan fingerprint density at radius 2 is 2.00 bits per heavy atom. The summed E-state index contributed by atoms with van der Waals surface area (Å²) >= 11 is 0. The molecule has 0 aliphatic carbocycles. The molecule has 2 heteroatoms. The molecule has 0 bridgehead atoms. The highest BCUT2D eigenvalue weighted by molar-refractivity contribution is 5.07. The van der Waals surface area contributed by atoms with Crippen molar-refractivity contribution in [2.24, 2.45) is 5.41 Å². The van der Waals surface area contributed by atoms with E-state index in [1.165, 1.54) is 0 Å². The van der Waals surface area contributed by atoms with Crippen molar-refractivity contribution >= 4 is 0 Å². The number of hydrogen-bond acceptors (Lipinski definition) is 1. The third-order valence-electron chi connectivity index (χ3n) is 2.89. The van der Waals surface area contributed by atoms with E-state index in [0.29, 0.717) is 13.0 Å². The number of halogens is 1. The fourth-order valence-electron chi connectivity index (χ4n) is 1.90. The van der Waals surface area contributed by atoms with E-state index in [1.807, 2.05) is 0 Å². The fourth-order valence-corrected chi connectivity index (χ4v) is 1.90. The summed E-state index contributed by atoms with van der Waals surface area (Å²) in [6.07, 6.45) is 1.61. The van der Waals surface area contributed by atoms with Crippen LogP contribution in [0.15, 0.2) is 12.3 Å². The van der Waals surface area contributed by atoms with E-state index in [1.54, 1.807) is 6.92 Å². The van der Waals surface area contributed by atoms with Crippen molar-refractivity contribution in [1.29, 1.82) is 0 Å². The summed E-state index contributed by atoms with van der Waals surface area (Å²) < 4.78 is 13.8. The number of likely N-dealkylation sites (tertiary alicyclic amines) is 1. The Morgan fingerprint density at radius 3 is 2.43 bits per heavy atom. The van der Waals surface area contributed by atoms with Gasteiger partial charge < -0.3 is 4.90 Å². The van der Waals surface area contributed by atoms with Gasteiger partial charge in [-0.2, -0.15) is 0 Å². The van der Waals surface area contributed by atoms with Gasteiger partial charge in [0.05, 0.1) is 6.54 Å². The van der Waals surface area contributed by atoms with Crippen molar-refractivity contribution in [3.05, 3.63) is 12.3 Å². The van der Waals surface area contributed by atoms with Crippen LogP contribution in [0, 0.1) is 5.41 Å². The lowest BCUT2D eigenvalue weighted by Crippen LogP contribution is -2.44. The highest BCUT2D eigenvalue weighted by atomic mass is 19.1. The van der Waals surface area contributed by atoms with Crippen molar-refractivity contribution in [1.82, 2.24) is 4.90 Å². The normalized spacial score (nSPS) is 29.1. The van der Waals surface area contributed by atoms with Gasteiger partial charge in [-0.05, 0) is 19.8 Å². The minimum atomic E-state index is -1.04. The first-order chi connectivity index (χ1) is 6.22. The molecule has 0 N–H and O–H groups in total. The molecule has 0 spiro atoms. The molecule has 1 nitrogen and oxygen atoms in total. The second-order valence-corrected chi connectivity index (χ2v) is 5.64. The van der Waals surface area contributed by atoms with Gasteiger partial charge in [0.2, 0.25) is 0 Å². The first-order valence-corrected chi connectivity index (χ1v) is 5.36. The zero-order valence-electron chi connectivity index (χ0n) is 9.86. The zero-order chi connectivity index (χ0) is 11.0. The predicted molar refractivity (Wildman–Crippen MR) is 58.9 cm³/mol. The summed E-state index contributed by atoms with van der Waals surface area (Å²) in [5.41, 5.74) is 0.0703. The molecule has 0 aromatic heterocycles. The van der Waals surface area contributed by atoms with Gasteiger partial charge >= 0.3 is 0 Å². The minimum Gasteiger partial charge on any atom is -0.372 e. The van der Waals surface area contributed by atoms with Crippen LogP contribution in [0.1, 0.15) is 40.5 Å². The van der Waals surface area contributed by atoms with Crippen LogP contribution in [-0.2, 0) is 0 Å². The molecule has 1 rings (SSSR count). The third kappa shape index (κ3) is 2.73. The Kier molecular flexibility index (Phi) is 2.93. The Bertz CT molecular complexity index is 225. The molecule has 0 aromatic carbocycles. The van der Waals surface area contributed by atoms with Gasteiger partial charge in [0.25, 0.3) is 0 Å². The van der Waals surface area contributed by atoms with E-state index in [4.69, 9.17) is 0 Å². The molecular formula is C12H22FN. The summed E-state index contributed by atoms with van der Waals surface area (Å²) in [6, 6.07) is 0. The monoisotopic (exact) mass is 199 g/mol. The van der Waals surface area contributed by atoms with E-state index in [2.05, 4.69) is 32.3 Å². The number of allylic oxidation sites excluding steroid dienone is 1. The standard InChI is InChI=1S/C12H22FN/c1-10(11(2,3)4)14-8-6-7-12(5,13)9-14/h1,6-9H2,2-5H3. The highest BCUT2D eigenvalue weighted by Gasteiger charge is 2.33. The van der Waals surface area contributed by atoms with Crippen LogP contribution in [0.5, 0.6) is 0 Å². The molecule has 1 atom stereocenters. The maximum atomic E-state index is 13.8. The molecule has 1 aliphatic rings. The van der Waals surface area contributed by atoms with Gasteiger partial charge in [-0.3, -0.25) is 0 Å². The van der Waals surface area contributed by atoms with Gasteiger partial charge in [0.15, 0.2) is 0 Å². The average molecular weight is 199 g/mol. The molecule has 1 heterocycles. The molecule has 1 unspecified atom stereocenters. The van der Waals surface area contributed by atoms with Crippen molar-refractivity contribution in [3.63, 3.8) is 0 Å². The van der Waals surface area contributed by atoms with Gasteiger partial charge in [-0.15, -0.1) is 0 Å². The van der Waals surface area contributed by atoms with Gasteiger partial charge in [-0.25, -0.2) is 4.39 Å². The predicted octanol–water partition coefficient (Wildman–Crippen LogP) is 3.37. The summed E-state index contributed by atoms with van der Waals surface area (Å²) in [6.45, 7) is 13.6. The molecule has 1 saturated heterocycles. The van der Waals surface area contributed by atoms with Gasteiger partial charge in [0.1, 0.15) is 5.67 Å². The van der Waals surface area contributed by atoms with Crippen LogP contribution < -0.4 is 0 Å². The topological polar surface area (TPSA) is 3.24 Å². The van der Waals surface area contributed by atoms with E-state index < -0.39 is 5.67 Å². The van der Waals surface area contributed by atoms with E-state index in [9.17, 15) is 4.39 Å². The fraction of sp³-hybridized carbons (Fsp3) is 0.833. The van der Waals surface area contributed by atoms with Crippen LogP contribution >= 0.6 is 0 Å². The first kappa shape index (κ1) is 11.5. The van der Waals surface area contributed by atoms with E-state index in [0.717, 1.165) is 18.7 Å². The average Bonchev–Trinajstić information content (AvgIpc) is 1.99. The van der Waals surface area contributed by atoms with Gasteiger partial charge in [-0.1, -0.05) is 27.4 Å². The molecule has 82 valence electrons. The maximum Gasteiger partial charge on any atom is 0.125 e. The van der Waals surface area contributed by atoms with Crippen LogP contribution in [-0.4, -0.2) is 23.7 Å². The Labute approximate surface area is 87.0 Å². The molecule has 1 fully saturated rings. The Hall–Kier alpha value is -0.530. The number of hydrogen-bond donors (Lipinski definition) is 0. The van der Waals surface area contributed by atoms with Crippen LogP contribution in [0.4, 0.5) is 4.39 Å². The number of nitrogens with zero attached hydrogens (tertiary/aromatic N) is 1. The quantitative estimate of drug-likeness (QED) is 0.626. The van der Waals surface area contributed by atoms with Crippen molar-refractivity contribution in [2.45, 2.75) is 46.2 Å². The Morgan fingerprint density at radius 1 is 1.43 bits per heavy atom. The lowest BCUT2D eigenvalue weighted by Gasteiger charge is -2.41. The minimum absolute atomic E-state index is 0.0490. The van der Waals surface area contributed by atoms with Crippen LogP contribution in [0.25, 0.3) is 0 Å². The van der Waals surface area contributed by atoms with E-state index >= 15 is 0 Å². The lowest BCUT2D eigenvalue weighted by molar-refractivity contribution is 0.0687. The van der Waals surface area contributed by atoms with Crippen LogP contribution in [0.2, 0.25) is 0 Å². The maximum absolute atomic E-state index is 13.8. The molecule has 14 heavy (non-hydrogen) atoms. The third-order valence-corrected chi connectivity index (χ3v) is 2.89. The lowest BCUT2D eigenvalue weighted by atomic mass is 9.88. The number of rotatable bonds is 1. The first-order valence-electron chi connectivity index (χ1n) is 5.36. The SMILES string of the molecule is C=C(N1CCCC(C)(F)C1)C(C)(C)C. The molecule has 0 aromatic rings. The second-order valence-electron chi connectivity index (χ2n) is 5.64. The molecule has 0 radical (unpaired) electrons. The van der Waals surface area contributed by atoms with Crippen molar-refractivity contribution in [3.8, 4) is 0 Å². The zero-order valence-corrected chi connectivity index (χ0v) is 9.86. The summed E-state index contributed by atoms with van der Waals surface area (Å²) in [5.74, 6) is 0. The molecule has 0 saturated carbocycles. The van der Waals surface area contributed by atoms with Crippen LogP contribution in [0.3, 0.4) is 0 Å².